The van der Waals surface area contributed by atoms with E-state index >= 15 is 0 Å². The third-order valence-corrected chi connectivity index (χ3v) is 5.65. The molecule has 6 heteroatoms. The van der Waals surface area contributed by atoms with E-state index in [-0.39, 0.29) is 17.0 Å². The summed E-state index contributed by atoms with van der Waals surface area (Å²) in [6.07, 6.45) is -1.07. The van der Waals surface area contributed by atoms with Crippen molar-refractivity contribution in [1.82, 2.24) is 9.88 Å². The van der Waals surface area contributed by atoms with Crippen LogP contribution in [0.4, 0.5) is 0 Å². The average Bonchev–Trinajstić information content (AvgIpc) is 2.68. The number of rotatable bonds is 3. The highest BCUT2D eigenvalue weighted by atomic mass is 16.5. The molecule has 0 aliphatic carbocycles. The summed E-state index contributed by atoms with van der Waals surface area (Å²) in [5, 5.41) is 14.5. The molecule has 2 N–H and O–H groups in total. The monoisotopic (exact) mass is 406 g/mol. The number of carbonyl (C=O) groups is 1. The fraction of sp³-hybridized carbons (Fsp3) is 0.333. The quantitative estimate of drug-likeness (QED) is 0.701. The highest BCUT2D eigenvalue weighted by molar-refractivity contribution is 5.87. The lowest BCUT2D eigenvalue weighted by molar-refractivity contribution is -0.123. The number of benzene rings is 2. The smallest absolute Gasteiger partial charge is 0.260 e. The van der Waals surface area contributed by atoms with Gasteiger partial charge in [-0.3, -0.25) is 9.59 Å². The van der Waals surface area contributed by atoms with Crippen LogP contribution in [-0.2, 0) is 11.3 Å². The van der Waals surface area contributed by atoms with E-state index in [9.17, 15) is 14.7 Å². The van der Waals surface area contributed by atoms with Crippen LogP contribution in [0.3, 0.4) is 0 Å². The molecule has 1 amide bonds. The number of carbonyl (C=O) groups excluding carboxylic acids is 1. The zero-order valence-corrected chi connectivity index (χ0v) is 17.6. The number of pyridine rings is 1. The lowest BCUT2D eigenvalue weighted by Gasteiger charge is -2.42. The highest BCUT2D eigenvalue weighted by Gasteiger charge is 2.46. The number of aliphatic hydroxyl groups is 1. The molecule has 3 aromatic rings. The molecule has 0 saturated heterocycles. The SMILES string of the molecule is CC(=O)N[C@@H]1c2c(c3ccccc3n(Cc3cccc(C)c3)c2=O)OC(C)(C)[C@H]1O. The molecule has 1 aromatic heterocycles. The largest absolute Gasteiger partial charge is 0.484 e. The molecule has 2 aromatic carbocycles. The van der Waals surface area contributed by atoms with Crippen LogP contribution in [0.1, 0.15) is 43.5 Å². The molecule has 4 rings (SSSR count). The number of hydrogen-bond donors (Lipinski definition) is 2. The van der Waals surface area contributed by atoms with E-state index < -0.39 is 17.7 Å². The fourth-order valence-electron chi connectivity index (χ4n) is 4.19. The van der Waals surface area contributed by atoms with Crippen molar-refractivity contribution in [3.05, 3.63) is 75.6 Å². The fourth-order valence-corrected chi connectivity index (χ4v) is 4.19. The molecule has 0 bridgehead atoms. The van der Waals surface area contributed by atoms with Gasteiger partial charge in [-0.25, -0.2) is 0 Å². The maximum atomic E-state index is 13.7. The molecular formula is C24H26N2O4. The van der Waals surface area contributed by atoms with Crippen LogP contribution in [-0.4, -0.2) is 27.3 Å². The standard InChI is InChI=1S/C24H26N2O4/c1-14-8-7-9-16(12-14)13-26-18-11-6-5-10-17(18)21-19(23(26)29)20(25-15(2)27)22(28)24(3,4)30-21/h5-12,20,22,28H,13H2,1-4H3,(H,25,27)/t20-,22+/m1/s1. The lowest BCUT2D eigenvalue weighted by Crippen LogP contribution is -2.55. The van der Waals surface area contributed by atoms with Gasteiger partial charge in [0.1, 0.15) is 17.5 Å². The Kier molecular flexibility index (Phi) is 4.90. The first-order valence-corrected chi connectivity index (χ1v) is 10.0. The zero-order chi connectivity index (χ0) is 21.6. The first-order valence-electron chi connectivity index (χ1n) is 10.0. The molecule has 6 nitrogen and oxygen atoms in total. The number of ether oxygens (including phenoxy) is 1. The summed E-state index contributed by atoms with van der Waals surface area (Å²) >= 11 is 0. The van der Waals surface area contributed by atoms with Crippen molar-refractivity contribution in [3.8, 4) is 5.75 Å². The van der Waals surface area contributed by atoms with Crippen LogP contribution in [0.5, 0.6) is 5.75 Å². The molecule has 0 fully saturated rings. The molecule has 0 unspecified atom stereocenters. The molecule has 2 heterocycles. The number of aliphatic hydroxyl groups excluding tert-OH is 1. The number of aryl methyl sites for hydroxylation is 1. The van der Waals surface area contributed by atoms with E-state index in [1.54, 1.807) is 18.4 Å². The van der Waals surface area contributed by atoms with Gasteiger partial charge in [-0.05, 0) is 38.5 Å². The van der Waals surface area contributed by atoms with Gasteiger partial charge in [0.05, 0.1) is 23.7 Å². The number of aromatic nitrogens is 1. The van der Waals surface area contributed by atoms with E-state index in [1.165, 1.54) is 6.92 Å². The second-order valence-corrected chi connectivity index (χ2v) is 8.47. The zero-order valence-electron chi connectivity index (χ0n) is 17.6. The Morgan fingerprint density at radius 3 is 2.63 bits per heavy atom. The number of nitrogens with zero attached hydrogens (tertiary/aromatic N) is 1. The van der Waals surface area contributed by atoms with E-state index in [1.807, 2.05) is 55.5 Å². The topological polar surface area (TPSA) is 80.6 Å². The molecule has 0 spiro atoms. The maximum Gasteiger partial charge on any atom is 0.260 e. The van der Waals surface area contributed by atoms with Crippen LogP contribution in [0.15, 0.2) is 53.3 Å². The van der Waals surface area contributed by atoms with Crippen LogP contribution >= 0.6 is 0 Å². The van der Waals surface area contributed by atoms with Gasteiger partial charge in [0, 0.05) is 12.3 Å². The van der Waals surface area contributed by atoms with Crippen LogP contribution in [0, 0.1) is 6.92 Å². The summed E-state index contributed by atoms with van der Waals surface area (Å²) < 4.78 is 7.83. The molecular weight excluding hydrogens is 380 g/mol. The molecule has 1 aliphatic rings. The Balaban J connectivity index is 2.01. The van der Waals surface area contributed by atoms with Gasteiger partial charge in [-0.1, -0.05) is 42.0 Å². The average molecular weight is 406 g/mol. The Bertz CT molecular complexity index is 1200. The normalized spacial score (nSPS) is 19.8. The van der Waals surface area contributed by atoms with Gasteiger partial charge in [0.15, 0.2) is 0 Å². The van der Waals surface area contributed by atoms with Crippen molar-refractivity contribution in [2.75, 3.05) is 0 Å². The van der Waals surface area contributed by atoms with Crippen molar-refractivity contribution in [3.63, 3.8) is 0 Å². The van der Waals surface area contributed by atoms with Gasteiger partial charge in [-0.15, -0.1) is 0 Å². The van der Waals surface area contributed by atoms with Crippen LogP contribution in [0.2, 0.25) is 0 Å². The summed E-state index contributed by atoms with van der Waals surface area (Å²) in [6, 6.07) is 14.7. The predicted octanol–water partition coefficient (Wildman–Crippen LogP) is 3.07. The summed E-state index contributed by atoms with van der Waals surface area (Å²) in [7, 11) is 0. The molecule has 30 heavy (non-hydrogen) atoms. The molecule has 2 atom stereocenters. The number of fused-ring (bicyclic) bond motifs is 3. The minimum Gasteiger partial charge on any atom is -0.484 e. The maximum absolute atomic E-state index is 13.7. The molecule has 0 saturated carbocycles. The summed E-state index contributed by atoms with van der Waals surface area (Å²) in [5.41, 5.74) is 1.88. The first kappa shape index (κ1) is 20.2. The second-order valence-electron chi connectivity index (χ2n) is 8.47. The molecule has 1 aliphatic heterocycles. The lowest BCUT2D eigenvalue weighted by atomic mass is 9.86. The van der Waals surface area contributed by atoms with Crippen molar-refractivity contribution in [2.24, 2.45) is 0 Å². The summed E-state index contributed by atoms with van der Waals surface area (Å²) in [4.78, 5) is 25.6. The summed E-state index contributed by atoms with van der Waals surface area (Å²) in [5.74, 6) is 0.102. The van der Waals surface area contributed by atoms with Gasteiger partial charge >= 0.3 is 0 Å². The second kappa shape index (κ2) is 7.29. The highest BCUT2D eigenvalue weighted by Crippen LogP contribution is 2.42. The third-order valence-electron chi connectivity index (χ3n) is 5.65. The van der Waals surface area contributed by atoms with E-state index in [4.69, 9.17) is 4.74 Å². The number of amides is 1. The Hall–Kier alpha value is -3.12. The van der Waals surface area contributed by atoms with Crippen molar-refractivity contribution in [2.45, 2.75) is 52.0 Å². The van der Waals surface area contributed by atoms with E-state index in [0.717, 1.165) is 22.0 Å². The molecule has 0 radical (unpaired) electrons. The van der Waals surface area contributed by atoms with Gasteiger partial charge in [0.2, 0.25) is 5.91 Å². The van der Waals surface area contributed by atoms with Crippen molar-refractivity contribution < 1.29 is 14.6 Å². The molecule has 156 valence electrons. The van der Waals surface area contributed by atoms with Gasteiger partial charge in [0.25, 0.3) is 5.56 Å². The predicted molar refractivity (Wildman–Crippen MR) is 116 cm³/mol. The number of para-hydroxylation sites is 1. The van der Waals surface area contributed by atoms with E-state index in [0.29, 0.717) is 12.3 Å². The number of nitrogens with one attached hydrogen (secondary N) is 1. The number of hydrogen-bond acceptors (Lipinski definition) is 4. The van der Waals surface area contributed by atoms with E-state index in [2.05, 4.69) is 5.32 Å². The minimum atomic E-state index is -1.07. The van der Waals surface area contributed by atoms with Gasteiger partial charge in [-0.2, -0.15) is 0 Å². The summed E-state index contributed by atoms with van der Waals surface area (Å²) in [6.45, 7) is 7.27. The van der Waals surface area contributed by atoms with Crippen molar-refractivity contribution in [1.29, 1.82) is 0 Å². The van der Waals surface area contributed by atoms with Crippen LogP contribution in [0.25, 0.3) is 10.9 Å². The van der Waals surface area contributed by atoms with Crippen LogP contribution < -0.4 is 15.6 Å². The van der Waals surface area contributed by atoms with Gasteiger partial charge < -0.3 is 19.7 Å². The van der Waals surface area contributed by atoms with Crippen molar-refractivity contribution >= 4 is 16.8 Å². The third kappa shape index (κ3) is 3.37. The Labute approximate surface area is 175 Å². The Morgan fingerprint density at radius 2 is 1.93 bits per heavy atom. The minimum absolute atomic E-state index is 0.279. The first-order chi connectivity index (χ1) is 14.2. The Morgan fingerprint density at radius 1 is 1.20 bits per heavy atom.